The fraction of sp³-hybridized carbons (Fsp3) is 0.333. The number of carbonyl (C=O) groups excluding carboxylic acids is 2. The molecule has 7 heteroatoms. The van der Waals surface area contributed by atoms with Crippen molar-refractivity contribution in [3.63, 3.8) is 0 Å². The van der Waals surface area contributed by atoms with Gasteiger partial charge in [0.15, 0.2) is 5.57 Å². The van der Waals surface area contributed by atoms with E-state index >= 15 is 0 Å². The topological polar surface area (TPSA) is 55.8 Å². The fourth-order valence-corrected chi connectivity index (χ4v) is 2.22. The minimum atomic E-state index is -0.774. The zero-order valence-corrected chi connectivity index (χ0v) is 14.3. The SMILES string of the molecule is CCOC(=O)C(C(=O)N(C)C)=C(OC)c1ccc(Cl)cc1Cl. The van der Waals surface area contributed by atoms with Crippen molar-refractivity contribution in [2.24, 2.45) is 0 Å². The van der Waals surface area contributed by atoms with Crippen molar-refractivity contribution in [2.45, 2.75) is 6.92 Å². The van der Waals surface area contributed by atoms with Crippen molar-refractivity contribution in [1.29, 1.82) is 0 Å². The van der Waals surface area contributed by atoms with Crippen LogP contribution in [0.3, 0.4) is 0 Å². The highest BCUT2D eigenvalue weighted by Crippen LogP contribution is 2.30. The fourth-order valence-electron chi connectivity index (χ4n) is 1.72. The van der Waals surface area contributed by atoms with E-state index in [1.165, 1.54) is 32.2 Å². The van der Waals surface area contributed by atoms with E-state index in [9.17, 15) is 9.59 Å². The van der Waals surface area contributed by atoms with E-state index in [-0.39, 0.29) is 23.0 Å². The Balaban J connectivity index is 3.56. The monoisotopic (exact) mass is 345 g/mol. The quantitative estimate of drug-likeness (QED) is 0.270. The van der Waals surface area contributed by atoms with Gasteiger partial charge in [0.2, 0.25) is 0 Å². The number of carbonyl (C=O) groups is 2. The largest absolute Gasteiger partial charge is 0.495 e. The second-order valence-electron chi connectivity index (χ2n) is 4.45. The summed E-state index contributed by atoms with van der Waals surface area (Å²) in [6, 6.07) is 4.66. The van der Waals surface area contributed by atoms with Crippen molar-refractivity contribution >= 4 is 40.8 Å². The van der Waals surface area contributed by atoms with Gasteiger partial charge in [-0.2, -0.15) is 0 Å². The third kappa shape index (κ3) is 4.15. The van der Waals surface area contributed by atoms with Gasteiger partial charge in [0.25, 0.3) is 5.91 Å². The summed E-state index contributed by atoms with van der Waals surface area (Å²) in [7, 11) is 4.40. The Bertz CT molecular complexity index is 612. The number of hydrogen-bond acceptors (Lipinski definition) is 4. The number of amides is 1. The Morgan fingerprint density at radius 2 is 1.86 bits per heavy atom. The van der Waals surface area contributed by atoms with Gasteiger partial charge in [-0.3, -0.25) is 4.79 Å². The number of nitrogens with zero attached hydrogens (tertiary/aromatic N) is 1. The van der Waals surface area contributed by atoms with Crippen molar-refractivity contribution in [2.75, 3.05) is 27.8 Å². The van der Waals surface area contributed by atoms with Gasteiger partial charge in [-0.05, 0) is 25.1 Å². The highest BCUT2D eigenvalue weighted by atomic mass is 35.5. The lowest BCUT2D eigenvalue weighted by molar-refractivity contribution is -0.141. The summed E-state index contributed by atoms with van der Waals surface area (Å²) in [4.78, 5) is 25.8. The lowest BCUT2D eigenvalue weighted by Crippen LogP contribution is -2.29. The molecule has 0 unspecified atom stereocenters. The molecule has 0 bridgehead atoms. The third-order valence-electron chi connectivity index (χ3n) is 2.71. The summed E-state index contributed by atoms with van der Waals surface area (Å²) in [5, 5.41) is 0.693. The molecule has 0 spiro atoms. The maximum atomic E-state index is 12.3. The summed E-state index contributed by atoms with van der Waals surface area (Å²) >= 11 is 12.0. The molecule has 1 amide bonds. The maximum Gasteiger partial charge on any atom is 0.347 e. The molecule has 0 saturated carbocycles. The van der Waals surface area contributed by atoms with E-state index in [1.807, 2.05) is 0 Å². The van der Waals surface area contributed by atoms with Crippen LogP contribution < -0.4 is 0 Å². The molecule has 0 fully saturated rings. The number of halogens is 2. The summed E-state index contributed by atoms with van der Waals surface area (Å²) in [6.45, 7) is 1.78. The second-order valence-corrected chi connectivity index (χ2v) is 5.30. The Morgan fingerprint density at radius 3 is 2.32 bits per heavy atom. The van der Waals surface area contributed by atoms with Crippen LogP contribution in [0, 0.1) is 0 Å². The predicted molar refractivity (Wildman–Crippen MR) is 85.7 cm³/mol. The summed E-state index contributed by atoms with van der Waals surface area (Å²) < 4.78 is 10.2. The minimum Gasteiger partial charge on any atom is -0.495 e. The zero-order valence-electron chi connectivity index (χ0n) is 12.8. The zero-order chi connectivity index (χ0) is 16.9. The number of methoxy groups -OCH3 is 1. The number of benzene rings is 1. The van der Waals surface area contributed by atoms with Crippen molar-refractivity contribution < 1.29 is 19.1 Å². The number of rotatable bonds is 5. The number of esters is 1. The third-order valence-corrected chi connectivity index (χ3v) is 3.25. The molecule has 0 atom stereocenters. The summed E-state index contributed by atoms with van der Waals surface area (Å²) in [5.74, 6) is -1.27. The molecule has 0 saturated heterocycles. The average molecular weight is 346 g/mol. The van der Waals surface area contributed by atoms with Crippen LogP contribution in [0.1, 0.15) is 12.5 Å². The van der Waals surface area contributed by atoms with Crippen LogP contribution in [0.15, 0.2) is 23.8 Å². The van der Waals surface area contributed by atoms with Crippen LogP contribution in [-0.4, -0.2) is 44.6 Å². The number of ether oxygens (including phenoxy) is 2. The molecule has 0 aromatic heterocycles. The van der Waals surface area contributed by atoms with Crippen molar-refractivity contribution in [3.05, 3.63) is 39.4 Å². The van der Waals surface area contributed by atoms with Crippen LogP contribution in [0.25, 0.3) is 5.76 Å². The summed E-state index contributed by atoms with van der Waals surface area (Å²) in [5.41, 5.74) is 0.158. The molecule has 0 radical (unpaired) electrons. The van der Waals surface area contributed by atoms with E-state index in [0.717, 1.165) is 0 Å². The predicted octanol–water partition coefficient (Wildman–Crippen LogP) is 3.00. The standard InChI is InChI=1S/C15H17Cl2NO4/c1-5-22-15(20)12(14(19)18(2)3)13(21-4)10-7-6-9(16)8-11(10)17/h6-8H,5H2,1-4H3. The van der Waals surface area contributed by atoms with Gasteiger partial charge < -0.3 is 14.4 Å². The number of hydrogen-bond donors (Lipinski definition) is 0. The molecule has 0 aliphatic heterocycles. The van der Waals surface area contributed by atoms with Crippen LogP contribution in [0.5, 0.6) is 0 Å². The Kier molecular flexibility index (Phi) is 6.71. The highest BCUT2D eigenvalue weighted by molar-refractivity contribution is 6.36. The number of likely N-dealkylation sites (N-methyl/N-ethyl adjacent to an activating group) is 1. The Hall–Kier alpha value is -1.72. The van der Waals surface area contributed by atoms with Gasteiger partial charge in [-0.25, -0.2) is 4.79 Å². The first kappa shape index (κ1) is 18.3. The van der Waals surface area contributed by atoms with Gasteiger partial charge in [-0.15, -0.1) is 0 Å². The molecule has 0 heterocycles. The lowest BCUT2D eigenvalue weighted by atomic mass is 10.1. The first-order chi connectivity index (χ1) is 10.3. The van der Waals surface area contributed by atoms with E-state index < -0.39 is 11.9 Å². The molecule has 22 heavy (non-hydrogen) atoms. The molecule has 5 nitrogen and oxygen atoms in total. The van der Waals surface area contributed by atoms with E-state index in [2.05, 4.69) is 0 Å². The molecule has 1 rings (SSSR count). The van der Waals surface area contributed by atoms with E-state index in [1.54, 1.807) is 19.1 Å². The second kappa shape index (κ2) is 8.06. The highest BCUT2D eigenvalue weighted by Gasteiger charge is 2.28. The molecule has 0 N–H and O–H groups in total. The van der Waals surface area contributed by atoms with Crippen LogP contribution in [0.2, 0.25) is 10.0 Å². The molecule has 1 aromatic rings. The maximum absolute atomic E-state index is 12.3. The van der Waals surface area contributed by atoms with Crippen molar-refractivity contribution in [3.8, 4) is 0 Å². The molecule has 120 valence electrons. The first-order valence-corrected chi connectivity index (χ1v) is 7.21. The van der Waals surface area contributed by atoms with Gasteiger partial charge in [0.05, 0.1) is 18.7 Å². The lowest BCUT2D eigenvalue weighted by Gasteiger charge is -2.17. The van der Waals surface area contributed by atoms with Crippen LogP contribution >= 0.6 is 23.2 Å². The Labute approximate surface area is 139 Å². The molecular formula is C15H17Cl2NO4. The van der Waals surface area contributed by atoms with Gasteiger partial charge in [-0.1, -0.05) is 23.2 Å². The Morgan fingerprint density at radius 1 is 1.23 bits per heavy atom. The van der Waals surface area contributed by atoms with E-state index in [0.29, 0.717) is 10.6 Å². The van der Waals surface area contributed by atoms with Crippen LogP contribution in [-0.2, 0) is 19.1 Å². The minimum absolute atomic E-state index is 0.0406. The van der Waals surface area contributed by atoms with Gasteiger partial charge in [0, 0.05) is 24.7 Å². The smallest absolute Gasteiger partial charge is 0.347 e. The van der Waals surface area contributed by atoms with E-state index in [4.69, 9.17) is 32.7 Å². The molecule has 0 aliphatic rings. The average Bonchev–Trinajstić information content (AvgIpc) is 2.45. The molecular weight excluding hydrogens is 329 g/mol. The molecule has 0 aliphatic carbocycles. The van der Waals surface area contributed by atoms with Gasteiger partial charge in [0.1, 0.15) is 5.76 Å². The first-order valence-electron chi connectivity index (χ1n) is 6.45. The summed E-state index contributed by atoms with van der Waals surface area (Å²) in [6.07, 6.45) is 0. The normalized spacial score (nSPS) is 11.5. The molecule has 1 aromatic carbocycles. The van der Waals surface area contributed by atoms with Gasteiger partial charge >= 0.3 is 5.97 Å². The van der Waals surface area contributed by atoms with Crippen molar-refractivity contribution in [1.82, 2.24) is 4.90 Å². The van der Waals surface area contributed by atoms with Crippen LogP contribution in [0.4, 0.5) is 0 Å².